The quantitative estimate of drug-likeness (QED) is 0.854. The number of aromatic nitrogens is 2. The van der Waals surface area contributed by atoms with Crippen LogP contribution in [0.5, 0.6) is 0 Å². The van der Waals surface area contributed by atoms with E-state index in [-0.39, 0.29) is 11.0 Å². The average molecular weight is 266 g/mol. The lowest BCUT2D eigenvalue weighted by atomic mass is 9.75. The van der Waals surface area contributed by atoms with E-state index in [9.17, 15) is 4.79 Å². The molecule has 1 aliphatic carbocycles. The second kappa shape index (κ2) is 5.47. The third-order valence-corrected chi connectivity index (χ3v) is 4.74. The summed E-state index contributed by atoms with van der Waals surface area (Å²) in [7, 11) is 0. The molecule has 1 heterocycles. The summed E-state index contributed by atoms with van der Waals surface area (Å²) in [5, 5.41) is 0. The molecular formula is C14H22N2OS. The van der Waals surface area contributed by atoms with E-state index in [1.165, 1.54) is 32.1 Å². The standard InChI is InChI=1S/C14H22N2OS/c1-11-8-13(17)16(12(2)15-11)9-14(10-18)6-4-3-5-7-14/h8,18H,3-7,9-10H2,1-2H3. The molecule has 0 amide bonds. The molecule has 100 valence electrons. The van der Waals surface area contributed by atoms with Crippen LogP contribution in [0.4, 0.5) is 0 Å². The highest BCUT2D eigenvalue weighted by atomic mass is 32.1. The molecule has 1 aromatic rings. The molecule has 3 nitrogen and oxygen atoms in total. The number of hydrogen-bond acceptors (Lipinski definition) is 3. The second-order valence-electron chi connectivity index (χ2n) is 5.59. The summed E-state index contributed by atoms with van der Waals surface area (Å²) in [5.41, 5.74) is 1.07. The van der Waals surface area contributed by atoms with Gasteiger partial charge in [0.15, 0.2) is 0 Å². The fraction of sp³-hybridized carbons (Fsp3) is 0.714. The minimum absolute atomic E-state index is 0.0757. The Kier molecular flexibility index (Phi) is 4.15. The molecule has 0 N–H and O–H groups in total. The van der Waals surface area contributed by atoms with E-state index in [2.05, 4.69) is 17.6 Å². The van der Waals surface area contributed by atoms with Crippen LogP contribution in [0.3, 0.4) is 0 Å². The zero-order chi connectivity index (χ0) is 13.2. The van der Waals surface area contributed by atoms with E-state index in [4.69, 9.17) is 0 Å². The molecule has 0 spiro atoms. The van der Waals surface area contributed by atoms with E-state index < -0.39 is 0 Å². The fourth-order valence-corrected chi connectivity index (χ4v) is 3.38. The first-order chi connectivity index (χ1) is 8.56. The second-order valence-corrected chi connectivity index (χ2v) is 5.90. The Bertz CT molecular complexity index is 475. The van der Waals surface area contributed by atoms with Crippen molar-refractivity contribution < 1.29 is 0 Å². The molecule has 2 rings (SSSR count). The topological polar surface area (TPSA) is 34.9 Å². The monoisotopic (exact) mass is 266 g/mol. The van der Waals surface area contributed by atoms with Crippen LogP contribution in [0, 0.1) is 19.3 Å². The van der Waals surface area contributed by atoms with E-state index in [1.807, 2.05) is 18.4 Å². The molecule has 1 aromatic heterocycles. The molecule has 0 aliphatic heterocycles. The van der Waals surface area contributed by atoms with Gasteiger partial charge in [-0.2, -0.15) is 12.6 Å². The molecule has 0 bridgehead atoms. The SMILES string of the molecule is Cc1cc(=O)n(CC2(CS)CCCCC2)c(C)n1. The van der Waals surface area contributed by atoms with Gasteiger partial charge in [-0.15, -0.1) is 0 Å². The molecule has 0 radical (unpaired) electrons. The highest BCUT2D eigenvalue weighted by Crippen LogP contribution is 2.38. The maximum absolute atomic E-state index is 12.1. The minimum Gasteiger partial charge on any atom is -0.296 e. The molecule has 4 heteroatoms. The van der Waals surface area contributed by atoms with Gasteiger partial charge in [0, 0.05) is 18.3 Å². The van der Waals surface area contributed by atoms with Crippen LogP contribution in [0.1, 0.15) is 43.6 Å². The molecule has 1 aliphatic rings. The van der Waals surface area contributed by atoms with Crippen LogP contribution in [-0.2, 0) is 6.54 Å². The van der Waals surface area contributed by atoms with Gasteiger partial charge in [-0.25, -0.2) is 4.98 Å². The number of rotatable bonds is 3. The largest absolute Gasteiger partial charge is 0.296 e. The van der Waals surface area contributed by atoms with Gasteiger partial charge in [0.05, 0.1) is 0 Å². The van der Waals surface area contributed by atoms with Gasteiger partial charge < -0.3 is 0 Å². The van der Waals surface area contributed by atoms with Crippen molar-refractivity contribution in [1.29, 1.82) is 0 Å². The Hall–Kier alpha value is -0.770. The number of hydrogen-bond donors (Lipinski definition) is 1. The summed E-state index contributed by atoms with van der Waals surface area (Å²) in [5.74, 6) is 1.68. The fourth-order valence-electron chi connectivity index (χ4n) is 2.96. The van der Waals surface area contributed by atoms with E-state index in [1.54, 1.807) is 6.07 Å². The van der Waals surface area contributed by atoms with Crippen molar-refractivity contribution in [3.05, 3.63) is 27.9 Å². The van der Waals surface area contributed by atoms with Crippen LogP contribution in [0.15, 0.2) is 10.9 Å². The average Bonchev–Trinajstić information content (AvgIpc) is 2.35. The van der Waals surface area contributed by atoms with Gasteiger partial charge in [-0.1, -0.05) is 19.3 Å². The summed E-state index contributed by atoms with van der Waals surface area (Å²) in [6.45, 7) is 4.56. The Balaban J connectivity index is 2.30. The maximum Gasteiger partial charge on any atom is 0.253 e. The third kappa shape index (κ3) is 2.79. The van der Waals surface area contributed by atoms with Crippen LogP contribution in [0.2, 0.25) is 0 Å². The molecule has 0 saturated heterocycles. The normalized spacial score (nSPS) is 18.8. The molecule has 1 fully saturated rings. The predicted octanol–water partition coefficient (Wildman–Crippen LogP) is 2.74. The summed E-state index contributed by atoms with van der Waals surface area (Å²) >= 11 is 4.53. The first kappa shape index (κ1) is 13.7. The molecule has 0 aromatic carbocycles. The number of nitrogens with zero attached hydrogens (tertiary/aromatic N) is 2. The lowest BCUT2D eigenvalue weighted by Crippen LogP contribution is -2.37. The zero-order valence-corrected chi connectivity index (χ0v) is 12.2. The van der Waals surface area contributed by atoms with Gasteiger partial charge >= 0.3 is 0 Å². The van der Waals surface area contributed by atoms with Crippen molar-refractivity contribution >= 4 is 12.6 Å². The maximum atomic E-state index is 12.1. The summed E-state index contributed by atoms with van der Waals surface area (Å²) in [6.07, 6.45) is 6.18. The highest BCUT2D eigenvalue weighted by molar-refractivity contribution is 7.80. The minimum atomic E-state index is 0.0757. The van der Waals surface area contributed by atoms with Crippen molar-refractivity contribution in [3.8, 4) is 0 Å². The van der Waals surface area contributed by atoms with Gasteiger partial charge in [0.1, 0.15) is 5.82 Å². The van der Waals surface area contributed by atoms with Crippen molar-refractivity contribution in [3.63, 3.8) is 0 Å². The lowest BCUT2D eigenvalue weighted by Gasteiger charge is -2.36. The van der Waals surface area contributed by atoms with Crippen molar-refractivity contribution in [2.75, 3.05) is 5.75 Å². The summed E-state index contributed by atoms with van der Waals surface area (Å²) in [6, 6.07) is 1.63. The van der Waals surface area contributed by atoms with E-state index in [0.717, 1.165) is 23.8 Å². The van der Waals surface area contributed by atoms with Gasteiger partial charge in [0.2, 0.25) is 0 Å². The lowest BCUT2D eigenvalue weighted by molar-refractivity contribution is 0.185. The summed E-state index contributed by atoms with van der Waals surface area (Å²) in [4.78, 5) is 16.5. The van der Waals surface area contributed by atoms with Crippen LogP contribution < -0.4 is 5.56 Å². The Morgan fingerprint density at radius 2 is 2.00 bits per heavy atom. The zero-order valence-electron chi connectivity index (χ0n) is 11.3. The molecular weight excluding hydrogens is 244 g/mol. The predicted molar refractivity (Wildman–Crippen MR) is 77.3 cm³/mol. The smallest absolute Gasteiger partial charge is 0.253 e. The Morgan fingerprint density at radius 1 is 1.33 bits per heavy atom. The highest BCUT2D eigenvalue weighted by Gasteiger charge is 2.31. The van der Waals surface area contributed by atoms with E-state index >= 15 is 0 Å². The van der Waals surface area contributed by atoms with Crippen LogP contribution in [0.25, 0.3) is 0 Å². The molecule has 0 atom stereocenters. The Labute approximate surface area is 114 Å². The van der Waals surface area contributed by atoms with Gasteiger partial charge in [-0.05, 0) is 37.9 Å². The number of thiol groups is 1. The number of aryl methyl sites for hydroxylation is 2. The van der Waals surface area contributed by atoms with Crippen molar-refractivity contribution in [1.82, 2.24) is 9.55 Å². The molecule has 18 heavy (non-hydrogen) atoms. The molecule has 1 saturated carbocycles. The first-order valence-corrected chi connectivity index (χ1v) is 7.36. The first-order valence-electron chi connectivity index (χ1n) is 6.72. The van der Waals surface area contributed by atoms with E-state index in [0.29, 0.717) is 0 Å². The molecule has 0 unspecified atom stereocenters. The summed E-state index contributed by atoms with van der Waals surface area (Å²) < 4.78 is 1.83. The van der Waals surface area contributed by atoms with Gasteiger partial charge in [-0.3, -0.25) is 9.36 Å². The van der Waals surface area contributed by atoms with Crippen LogP contribution >= 0.6 is 12.6 Å². The third-order valence-electron chi connectivity index (χ3n) is 4.07. The van der Waals surface area contributed by atoms with Crippen molar-refractivity contribution in [2.45, 2.75) is 52.5 Å². The van der Waals surface area contributed by atoms with Crippen molar-refractivity contribution in [2.24, 2.45) is 5.41 Å². The van der Waals surface area contributed by atoms with Gasteiger partial charge in [0.25, 0.3) is 5.56 Å². The van der Waals surface area contributed by atoms with Crippen LogP contribution in [-0.4, -0.2) is 15.3 Å². The Morgan fingerprint density at radius 3 is 2.56 bits per heavy atom.